The number of amides is 1. The van der Waals surface area contributed by atoms with Crippen molar-refractivity contribution in [2.24, 2.45) is 0 Å². The van der Waals surface area contributed by atoms with Gasteiger partial charge in [0.05, 0.1) is 12.5 Å². The van der Waals surface area contributed by atoms with Crippen LogP contribution in [0.3, 0.4) is 0 Å². The Kier molecular flexibility index (Phi) is 2.86. The predicted octanol–water partition coefficient (Wildman–Crippen LogP) is 2.10. The van der Waals surface area contributed by atoms with Crippen molar-refractivity contribution in [3.8, 4) is 0 Å². The lowest BCUT2D eigenvalue weighted by Gasteiger charge is -2.37. The summed E-state index contributed by atoms with van der Waals surface area (Å²) in [5, 5.41) is 0.422. The highest BCUT2D eigenvalue weighted by Gasteiger charge is 2.45. The number of rotatable bonds is 2. The van der Waals surface area contributed by atoms with Crippen LogP contribution in [-0.2, 0) is 14.0 Å². The second-order valence-corrected chi connectivity index (χ2v) is 6.17. The van der Waals surface area contributed by atoms with E-state index >= 15 is 0 Å². The third-order valence-corrected chi connectivity index (χ3v) is 4.11. The van der Waals surface area contributed by atoms with Crippen molar-refractivity contribution in [2.75, 3.05) is 0 Å². The van der Waals surface area contributed by atoms with Crippen molar-refractivity contribution in [1.29, 1.82) is 0 Å². The molecule has 1 aliphatic heterocycles. The molecular weight excluding hydrogens is 273 g/mol. The zero-order chi connectivity index (χ0) is 11.9. The van der Waals surface area contributed by atoms with E-state index in [9.17, 15) is 13.2 Å². The molecule has 1 aliphatic rings. The molecular formula is C9H7Cl2NO3S. The predicted molar refractivity (Wildman–Crippen MR) is 60.4 cm³/mol. The minimum absolute atomic E-state index is 0.107. The Bertz CT molecular complexity index is 543. The first-order valence-electron chi connectivity index (χ1n) is 4.42. The molecule has 4 nitrogen and oxygen atoms in total. The van der Waals surface area contributed by atoms with E-state index in [4.69, 9.17) is 22.3 Å². The number of hydrogen-bond acceptors (Lipinski definition) is 3. The highest BCUT2D eigenvalue weighted by Crippen LogP contribution is 2.40. The van der Waals surface area contributed by atoms with E-state index in [0.717, 1.165) is 0 Å². The summed E-state index contributed by atoms with van der Waals surface area (Å²) in [6.45, 7) is 0. The maximum atomic E-state index is 11.2. The summed E-state index contributed by atoms with van der Waals surface area (Å²) in [4.78, 5) is 11.2. The van der Waals surface area contributed by atoms with E-state index in [1.807, 2.05) is 0 Å². The normalized spacial score (nSPS) is 20.8. The topological polar surface area (TPSA) is 54.5 Å². The first kappa shape index (κ1) is 11.7. The van der Waals surface area contributed by atoms with Crippen LogP contribution in [-0.4, -0.2) is 18.6 Å². The van der Waals surface area contributed by atoms with Crippen molar-refractivity contribution in [2.45, 2.75) is 12.5 Å². The number of benzene rings is 1. The molecule has 0 bridgehead atoms. The van der Waals surface area contributed by atoms with E-state index < -0.39 is 21.2 Å². The van der Waals surface area contributed by atoms with Crippen molar-refractivity contribution < 1.29 is 13.2 Å². The summed E-state index contributed by atoms with van der Waals surface area (Å²) in [5.74, 6) is -0.514. The van der Waals surface area contributed by atoms with Crippen LogP contribution < -0.4 is 0 Å². The van der Waals surface area contributed by atoms with E-state index in [1.165, 1.54) is 0 Å². The number of hydrogen-bond donors (Lipinski definition) is 0. The quantitative estimate of drug-likeness (QED) is 0.615. The molecule has 1 fully saturated rings. The summed E-state index contributed by atoms with van der Waals surface area (Å²) < 4.78 is 22.9. The molecule has 0 N–H and O–H groups in total. The molecule has 0 radical (unpaired) electrons. The van der Waals surface area contributed by atoms with Gasteiger partial charge in [0.1, 0.15) is 0 Å². The van der Waals surface area contributed by atoms with Crippen LogP contribution in [0.25, 0.3) is 0 Å². The first-order chi connectivity index (χ1) is 7.41. The Labute approximate surface area is 102 Å². The molecule has 2 rings (SSSR count). The van der Waals surface area contributed by atoms with Gasteiger partial charge in [0, 0.05) is 15.7 Å². The van der Waals surface area contributed by atoms with E-state index in [-0.39, 0.29) is 6.42 Å². The molecule has 1 atom stereocenters. The van der Waals surface area contributed by atoms with Gasteiger partial charge in [-0.2, -0.15) is 8.42 Å². The smallest absolute Gasteiger partial charge is 0.274 e. The lowest BCUT2D eigenvalue weighted by Crippen LogP contribution is -2.48. The average Bonchev–Trinajstić information content (AvgIpc) is 2.12. The summed E-state index contributed by atoms with van der Waals surface area (Å²) >= 11 is 5.92. The fourth-order valence-electron chi connectivity index (χ4n) is 1.65. The van der Waals surface area contributed by atoms with Crippen LogP contribution >= 0.6 is 22.3 Å². The molecule has 0 aliphatic carbocycles. The monoisotopic (exact) mass is 279 g/mol. The molecule has 16 heavy (non-hydrogen) atoms. The van der Waals surface area contributed by atoms with Gasteiger partial charge in [0.25, 0.3) is 0 Å². The number of carbonyl (C=O) groups is 1. The second kappa shape index (κ2) is 3.91. The third-order valence-electron chi connectivity index (χ3n) is 2.40. The zero-order valence-corrected chi connectivity index (χ0v) is 10.3. The minimum atomic E-state index is -4.03. The third kappa shape index (κ3) is 1.90. The van der Waals surface area contributed by atoms with E-state index in [0.29, 0.717) is 14.9 Å². The maximum Gasteiger partial charge on any atom is 0.324 e. The SMILES string of the molecule is O=C1CC(c2ccccc2Cl)N1S(=O)(=O)Cl. The van der Waals surface area contributed by atoms with Gasteiger partial charge in [-0.3, -0.25) is 4.79 Å². The van der Waals surface area contributed by atoms with Gasteiger partial charge in [-0.15, -0.1) is 0 Å². The minimum Gasteiger partial charge on any atom is -0.274 e. The molecule has 1 unspecified atom stereocenters. The standard InChI is InChI=1S/C9H7Cl2NO3S/c10-7-4-2-1-3-6(7)8-5-9(13)12(8)16(11,14)15/h1-4,8H,5H2. The molecule has 7 heteroatoms. The fourth-order valence-corrected chi connectivity index (χ4v) is 3.25. The van der Waals surface area contributed by atoms with Gasteiger partial charge in [-0.05, 0) is 11.6 Å². The van der Waals surface area contributed by atoms with Crippen LogP contribution in [0.2, 0.25) is 5.02 Å². The van der Waals surface area contributed by atoms with E-state index in [1.54, 1.807) is 24.3 Å². The largest absolute Gasteiger partial charge is 0.324 e. The fraction of sp³-hybridized carbons (Fsp3) is 0.222. The Morgan fingerprint density at radius 1 is 1.31 bits per heavy atom. The zero-order valence-electron chi connectivity index (χ0n) is 7.93. The Morgan fingerprint density at radius 3 is 2.44 bits per heavy atom. The number of β-lactam (4-membered cyclic amide) rings is 1. The molecule has 86 valence electrons. The Balaban J connectivity index is 2.38. The second-order valence-electron chi connectivity index (χ2n) is 3.37. The molecule has 0 saturated carbocycles. The molecule has 1 amide bonds. The highest BCUT2D eigenvalue weighted by molar-refractivity contribution is 8.12. The number of halogens is 2. The van der Waals surface area contributed by atoms with Crippen LogP contribution in [0.4, 0.5) is 0 Å². The first-order valence-corrected chi connectivity index (χ1v) is 7.07. The molecule has 1 aromatic rings. The van der Waals surface area contributed by atoms with Crippen LogP contribution in [0.15, 0.2) is 24.3 Å². The molecule has 1 saturated heterocycles. The lowest BCUT2D eigenvalue weighted by molar-refractivity contribution is -0.137. The molecule has 1 aromatic carbocycles. The summed E-state index contributed by atoms with van der Waals surface area (Å²) in [6.07, 6.45) is 0.107. The Morgan fingerprint density at radius 2 is 1.94 bits per heavy atom. The average molecular weight is 280 g/mol. The van der Waals surface area contributed by atoms with Gasteiger partial charge in [0.2, 0.25) is 5.91 Å². The van der Waals surface area contributed by atoms with Crippen molar-refractivity contribution in [3.63, 3.8) is 0 Å². The summed E-state index contributed by atoms with van der Waals surface area (Å²) in [5.41, 5.74) is 0.591. The van der Waals surface area contributed by atoms with Crippen LogP contribution in [0.5, 0.6) is 0 Å². The molecule has 1 heterocycles. The van der Waals surface area contributed by atoms with Crippen molar-refractivity contribution in [3.05, 3.63) is 34.9 Å². The number of nitrogens with zero attached hydrogens (tertiary/aromatic N) is 1. The highest BCUT2D eigenvalue weighted by atomic mass is 35.7. The van der Waals surface area contributed by atoms with Crippen molar-refractivity contribution >= 4 is 37.4 Å². The van der Waals surface area contributed by atoms with Crippen molar-refractivity contribution in [1.82, 2.24) is 4.31 Å². The van der Waals surface area contributed by atoms with Crippen LogP contribution in [0, 0.1) is 0 Å². The summed E-state index contributed by atoms with van der Waals surface area (Å²) in [6, 6.07) is 6.19. The van der Waals surface area contributed by atoms with Crippen LogP contribution in [0.1, 0.15) is 18.0 Å². The maximum absolute atomic E-state index is 11.2. The molecule has 0 aromatic heterocycles. The molecule has 0 spiro atoms. The van der Waals surface area contributed by atoms with Gasteiger partial charge in [-0.25, -0.2) is 4.31 Å². The van der Waals surface area contributed by atoms with E-state index in [2.05, 4.69) is 0 Å². The van der Waals surface area contributed by atoms with Gasteiger partial charge in [-0.1, -0.05) is 29.8 Å². The van der Waals surface area contributed by atoms with Gasteiger partial charge < -0.3 is 0 Å². The van der Waals surface area contributed by atoms with Gasteiger partial charge >= 0.3 is 9.24 Å². The Hall–Kier alpha value is -0.780. The van der Waals surface area contributed by atoms with Gasteiger partial charge in [0.15, 0.2) is 0 Å². The lowest BCUT2D eigenvalue weighted by atomic mass is 9.97. The number of carbonyl (C=O) groups excluding carboxylic acids is 1. The summed E-state index contributed by atoms with van der Waals surface area (Å²) in [7, 11) is 1.13.